The van der Waals surface area contributed by atoms with Crippen LogP contribution in [-0.2, 0) is 11.2 Å². The molecule has 20 heavy (non-hydrogen) atoms. The summed E-state index contributed by atoms with van der Waals surface area (Å²) in [4.78, 5) is 15.5. The van der Waals surface area contributed by atoms with Crippen molar-refractivity contribution in [3.05, 3.63) is 62.9 Å². The summed E-state index contributed by atoms with van der Waals surface area (Å²) in [5, 5.41) is 10.6. The molecule has 0 saturated heterocycles. The summed E-state index contributed by atoms with van der Waals surface area (Å²) in [7, 11) is 0. The van der Waals surface area contributed by atoms with Crippen molar-refractivity contribution in [2.24, 2.45) is 0 Å². The first-order valence-corrected chi connectivity index (χ1v) is 6.89. The summed E-state index contributed by atoms with van der Waals surface area (Å²) in [6.45, 7) is 0. The highest BCUT2D eigenvalue weighted by Gasteiger charge is 2.24. The second-order valence-electron chi connectivity index (χ2n) is 4.25. The van der Waals surface area contributed by atoms with Gasteiger partial charge in [-0.1, -0.05) is 46.9 Å². The van der Waals surface area contributed by atoms with Crippen molar-refractivity contribution in [2.45, 2.75) is 12.3 Å². The third-order valence-corrected chi connectivity index (χ3v) is 3.54. The minimum absolute atomic E-state index is 0.243. The first kappa shape index (κ1) is 15.1. The van der Waals surface area contributed by atoms with Crippen molar-refractivity contribution in [1.29, 1.82) is 0 Å². The van der Waals surface area contributed by atoms with E-state index in [-0.39, 0.29) is 11.4 Å². The summed E-state index contributed by atoms with van der Waals surface area (Å²) >= 11 is 17.7. The second kappa shape index (κ2) is 6.44. The van der Waals surface area contributed by atoms with E-state index >= 15 is 0 Å². The summed E-state index contributed by atoms with van der Waals surface area (Å²) in [6.07, 6.45) is 1.64. The second-order valence-corrected chi connectivity index (χ2v) is 5.53. The van der Waals surface area contributed by atoms with Gasteiger partial charge in [-0.15, -0.1) is 0 Å². The van der Waals surface area contributed by atoms with Crippen LogP contribution in [0.15, 0.2) is 36.5 Å². The molecule has 2 aromatic rings. The van der Waals surface area contributed by atoms with E-state index in [0.29, 0.717) is 15.7 Å². The molecule has 0 aliphatic carbocycles. The van der Waals surface area contributed by atoms with Gasteiger partial charge in [0.2, 0.25) is 0 Å². The first-order valence-electron chi connectivity index (χ1n) is 5.75. The molecular formula is C14H10Cl3NO2. The molecule has 2 rings (SSSR count). The lowest BCUT2D eigenvalue weighted by Gasteiger charge is -2.13. The van der Waals surface area contributed by atoms with Gasteiger partial charge in [-0.25, -0.2) is 0 Å². The van der Waals surface area contributed by atoms with E-state index in [1.165, 1.54) is 12.3 Å². The number of hydrogen-bond acceptors (Lipinski definition) is 2. The topological polar surface area (TPSA) is 50.2 Å². The predicted molar refractivity (Wildman–Crippen MR) is 79.8 cm³/mol. The minimum Gasteiger partial charge on any atom is -0.481 e. The van der Waals surface area contributed by atoms with E-state index < -0.39 is 11.9 Å². The Kier molecular flexibility index (Phi) is 4.86. The number of aromatic nitrogens is 1. The van der Waals surface area contributed by atoms with Crippen LogP contribution in [0.4, 0.5) is 0 Å². The van der Waals surface area contributed by atoms with E-state index in [1.807, 2.05) is 6.07 Å². The van der Waals surface area contributed by atoms with Gasteiger partial charge < -0.3 is 5.11 Å². The fraction of sp³-hybridized carbons (Fsp3) is 0.143. The van der Waals surface area contributed by atoms with E-state index in [0.717, 1.165) is 5.56 Å². The molecule has 1 heterocycles. The van der Waals surface area contributed by atoms with Crippen LogP contribution in [0, 0.1) is 0 Å². The Balaban J connectivity index is 2.34. The van der Waals surface area contributed by atoms with Gasteiger partial charge in [0.15, 0.2) is 0 Å². The summed E-state index contributed by atoms with van der Waals surface area (Å²) in [5.41, 5.74) is 1.10. The number of nitrogens with zero attached hydrogens (tertiary/aromatic N) is 1. The van der Waals surface area contributed by atoms with E-state index in [1.54, 1.807) is 18.2 Å². The third kappa shape index (κ3) is 3.63. The fourth-order valence-corrected chi connectivity index (χ4v) is 2.61. The maximum absolute atomic E-state index is 11.5. The molecule has 104 valence electrons. The third-order valence-electron chi connectivity index (χ3n) is 2.79. The van der Waals surface area contributed by atoms with Crippen LogP contribution in [-0.4, -0.2) is 16.1 Å². The molecule has 1 unspecified atom stereocenters. The number of carbonyl (C=O) groups is 1. The molecule has 1 aromatic heterocycles. The van der Waals surface area contributed by atoms with Crippen molar-refractivity contribution in [1.82, 2.24) is 4.98 Å². The van der Waals surface area contributed by atoms with Gasteiger partial charge in [0.25, 0.3) is 0 Å². The Labute approximate surface area is 131 Å². The zero-order valence-electron chi connectivity index (χ0n) is 10.2. The number of carboxylic acids is 1. The molecule has 3 nitrogen and oxygen atoms in total. The van der Waals surface area contributed by atoms with Gasteiger partial charge in [0, 0.05) is 11.2 Å². The molecule has 0 spiro atoms. The molecule has 1 N–H and O–H groups in total. The van der Waals surface area contributed by atoms with Crippen LogP contribution in [0.3, 0.4) is 0 Å². The number of rotatable bonds is 4. The average Bonchev–Trinajstić information content (AvgIpc) is 2.36. The minimum atomic E-state index is -0.998. The molecule has 0 amide bonds. The van der Waals surface area contributed by atoms with Gasteiger partial charge in [-0.2, -0.15) is 0 Å². The maximum Gasteiger partial charge on any atom is 0.312 e. The number of benzene rings is 1. The van der Waals surface area contributed by atoms with Crippen molar-refractivity contribution in [3.63, 3.8) is 0 Å². The van der Waals surface area contributed by atoms with Gasteiger partial charge >= 0.3 is 5.97 Å². The van der Waals surface area contributed by atoms with Crippen LogP contribution < -0.4 is 0 Å². The van der Waals surface area contributed by atoms with Gasteiger partial charge in [-0.3, -0.25) is 9.78 Å². The number of pyridine rings is 1. The summed E-state index contributed by atoms with van der Waals surface area (Å²) in [5.74, 6) is -1.85. The van der Waals surface area contributed by atoms with Crippen molar-refractivity contribution in [2.75, 3.05) is 0 Å². The quantitative estimate of drug-likeness (QED) is 0.901. The predicted octanol–water partition coefficient (Wildman–Crippen LogP) is 4.45. The van der Waals surface area contributed by atoms with E-state index in [4.69, 9.17) is 34.8 Å². The maximum atomic E-state index is 11.5. The largest absolute Gasteiger partial charge is 0.481 e. The zero-order chi connectivity index (χ0) is 14.7. The standard InChI is InChI=1S/C14H10Cl3NO2/c15-9-3-1-2-8(4-9)5-11(14(19)20)13-12(17)6-10(16)7-18-13/h1-4,6-7,11H,5H2,(H,19,20). The molecule has 1 aromatic carbocycles. The molecule has 0 aliphatic rings. The summed E-state index contributed by atoms with van der Waals surface area (Å²) in [6, 6.07) is 8.52. The van der Waals surface area contributed by atoms with Crippen LogP contribution in [0.5, 0.6) is 0 Å². The smallest absolute Gasteiger partial charge is 0.312 e. The highest BCUT2D eigenvalue weighted by Crippen LogP contribution is 2.28. The lowest BCUT2D eigenvalue weighted by atomic mass is 9.96. The fourth-order valence-electron chi connectivity index (χ4n) is 1.88. The number of hydrogen-bond donors (Lipinski definition) is 1. The zero-order valence-corrected chi connectivity index (χ0v) is 12.5. The average molecular weight is 331 g/mol. The highest BCUT2D eigenvalue weighted by atomic mass is 35.5. The Morgan fingerprint density at radius 3 is 2.55 bits per heavy atom. The Morgan fingerprint density at radius 1 is 1.20 bits per heavy atom. The van der Waals surface area contributed by atoms with Gasteiger partial charge in [0.1, 0.15) is 5.92 Å². The molecule has 0 saturated carbocycles. The van der Waals surface area contributed by atoms with Crippen molar-refractivity contribution >= 4 is 40.8 Å². The Bertz CT molecular complexity index is 646. The lowest BCUT2D eigenvalue weighted by molar-refractivity contribution is -0.138. The van der Waals surface area contributed by atoms with Crippen LogP contribution in [0.2, 0.25) is 15.1 Å². The van der Waals surface area contributed by atoms with Crippen LogP contribution >= 0.6 is 34.8 Å². The molecule has 0 fully saturated rings. The highest BCUT2D eigenvalue weighted by molar-refractivity contribution is 6.35. The normalized spacial score (nSPS) is 12.2. The molecular weight excluding hydrogens is 321 g/mol. The van der Waals surface area contributed by atoms with E-state index in [9.17, 15) is 9.90 Å². The van der Waals surface area contributed by atoms with Crippen molar-refractivity contribution < 1.29 is 9.90 Å². The number of carboxylic acid groups (broad SMARTS) is 1. The molecule has 6 heteroatoms. The Morgan fingerprint density at radius 2 is 1.95 bits per heavy atom. The van der Waals surface area contributed by atoms with Crippen LogP contribution in [0.25, 0.3) is 0 Å². The first-order chi connectivity index (χ1) is 9.47. The van der Waals surface area contributed by atoms with Crippen LogP contribution in [0.1, 0.15) is 17.2 Å². The molecule has 0 aliphatic heterocycles. The van der Waals surface area contributed by atoms with Gasteiger partial charge in [-0.05, 0) is 30.2 Å². The lowest BCUT2D eigenvalue weighted by Crippen LogP contribution is -2.16. The van der Waals surface area contributed by atoms with Gasteiger partial charge in [0.05, 0.1) is 15.7 Å². The molecule has 0 bridgehead atoms. The molecule has 0 radical (unpaired) electrons. The monoisotopic (exact) mass is 329 g/mol. The van der Waals surface area contributed by atoms with Crippen molar-refractivity contribution in [3.8, 4) is 0 Å². The molecule has 1 atom stereocenters. The van der Waals surface area contributed by atoms with E-state index in [2.05, 4.69) is 4.98 Å². The summed E-state index contributed by atoms with van der Waals surface area (Å²) < 4.78 is 0. The SMILES string of the molecule is O=C(O)C(Cc1cccc(Cl)c1)c1ncc(Cl)cc1Cl. The number of aliphatic carboxylic acids is 1. The Hall–Kier alpha value is -1.29. The number of halogens is 3.